The highest BCUT2D eigenvalue weighted by atomic mass is 16.3. The van der Waals surface area contributed by atoms with Crippen molar-refractivity contribution in [1.29, 1.82) is 0 Å². The van der Waals surface area contributed by atoms with Gasteiger partial charge in [0.2, 0.25) is 0 Å². The molecule has 0 aliphatic heterocycles. The molecule has 0 aliphatic carbocycles. The normalized spacial score (nSPS) is 14.2. The predicted octanol–water partition coefficient (Wildman–Crippen LogP) is 13.2. The SMILES string of the molecule is [2H]c1c([2H])c([2H])c2c(-c3ccc(-c4ccc5oc6ccccc6c5c4)c4ccccc34)c3c([2H])c([2H])c([2H])c([2H])c3c(-c3ccc4ccccc4c3)c2c1[2H]. The third-order valence-corrected chi connectivity index (χ3v) is 9.29. The van der Waals surface area contributed by atoms with Crippen molar-refractivity contribution in [3.05, 3.63) is 170 Å². The first-order chi connectivity index (χ1) is 26.6. The van der Waals surface area contributed by atoms with Crippen LogP contribution in [0.25, 0.3) is 98.4 Å². The van der Waals surface area contributed by atoms with Gasteiger partial charge in [-0.1, -0.05) is 145 Å². The van der Waals surface area contributed by atoms with Crippen molar-refractivity contribution in [3.8, 4) is 33.4 Å². The van der Waals surface area contributed by atoms with E-state index in [1.54, 1.807) is 0 Å². The summed E-state index contributed by atoms with van der Waals surface area (Å²) in [5.74, 6) is 0. The van der Waals surface area contributed by atoms with E-state index in [0.717, 1.165) is 54.6 Å². The van der Waals surface area contributed by atoms with Crippen molar-refractivity contribution < 1.29 is 15.4 Å². The number of furan rings is 1. The second kappa shape index (κ2) is 10.2. The van der Waals surface area contributed by atoms with Crippen LogP contribution in [0.1, 0.15) is 11.0 Å². The third-order valence-electron chi connectivity index (χ3n) is 9.29. The first-order valence-corrected chi connectivity index (χ1v) is 15.5. The molecular weight excluding hydrogens is 569 g/mol. The molecule has 1 nitrogen and oxygen atoms in total. The highest BCUT2D eigenvalue weighted by molar-refractivity contribution is 6.24. The quantitative estimate of drug-likeness (QED) is 0.183. The molecule has 10 aromatic rings. The van der Waals surface area contributed by atoms with E-state index in [4.69, 9.17) is 9.90 Å². The molecule has 0 atom stereocenters. The lowest BCUT2D eigenvalue weighted by atomic mass is 9.83. The average Bonchev–Trinajstić information content (AvgIpc) is 3.60. The van der Waals surface area contributed by atoms with E-state index in [2.05, 4.69) is 6.07 Å². The lowest BCUT2D eigenvalue weighted by molar-refractivity contribution is 0.669. The van der Waals surface area contributed by atoms with Crippen molar-refractivity contribution >= 4 is 65.0 Å². The Morgan fingerprint density at radius 1 is 0.362 bits per heavy atom. The first kappa shape index (κ1) is 19.4. The number of rotatable bonds is 3. The molecule has 1 aromatic heterocycles. The second-order valence-electron chi connectivity index (χ2n) is 11.8. The van der Waals surface area contributed by atoms with Crippen molar-refractivity contribution in [2.45, 2.75) is 0 Å². The fourth-order valence-electron chi connectivity index (χ4n) is 7.19. The van der Waals surface area contributed by atoms with Gasteiger partial charge in [0.15, 0.2) is 0 Å². The van der Waals surface area contributed by atoms with Crippen LogP contribution in [0.15, 0.2) is 174 Å². The molecule has 0 spiro atoms. The van der Waals surface area contributed by atoms with Gasteiger partial charge in [-0.15, -0.1) is 0 Å². The van der Waals surface area contributed by atoms with Crippen molar-refractivity contribution in [2.24, 2.45) is 0 Å². The minimum Gasteiger partial charge on any atom is -0.456 e. The van der Waals surface area contributed by atoms with Gasteiger partial charge >= 0.3 is 0 Å². The van der Waals surface area contributed by atoms with Gasteiger partial charge in [-0.2, -0.15) is 0 Å². The van der Waals surface area contributed by atoms with Gasteiger partial charge in [0, 0.05) is 10.8 Å². The van der Waals surface area contributed by atoms with Gasteiger partial charge < -0.3 is 4.42 Å². The van der Waals surface area contributed by atoms with Crippen LogP contribution in [0.3, 0.4) is 0 Å². The average molecular weight is 605 g/mol. The molecule has 0 saturated heterocycles. The van der Waals surface area contributed by atoms with Gasteiger partial charge in [-0.25, -0.2) is 0 Å². The lowest BCUT2D eigenvalue weighted by Crippen LogP contribution is -1.92. The van der Waals surface area contributed by atoms with E-state index in [1.165, 1.54) is 0 Å². The van der Waals surface area contributed by atoms with Gasteiger partial charge in [0.25, 0.3) is 0 Å². The number of fused-ring (bicyclic) bond motifs is 7. The van der Waals surface area contributed by atoms with Crippen LogP contribution in [0, 0.1) is 0 Å². The summed E-state index contributed by atoms with van der Waals surface area (Å²) in [6.45, 7) is 0. The third kappa shape index (κ3) is 3.97. The summed E-state index contributed by atoms with van der Waals surface area (Å²) in [6.07, 6.45) is 0. The fourth-order valence-corrected chi connectivity index (χ4v) is 7.19. The number of benzene rings is 9. The number of para-hydroxylation sites is 1. The Labute approximate surface area is 283 Å². The van der Waals surface area contributed by atoms with Crippen LogP contribution >= 0.6 is 0 Å². The summed E-state index contributed by atoms with van der Waals surface area (Å²) < 4.78 is 79.0. The van der Waals surface area contributed by atoms with E-state index >= 15 is 0 Å². The summed E-state index contributed by atoms with van der Waals surface area (Å²) in [5, 5.41) is 6.24. The van der Waals surface area contributed by atoms with Crippen LogP contribution in [0.2, 0.25) is 0 Å². The molecule has 0 aliphatic rings. The molecule has 0 amide bonds. The molecule has 0 saturated carbocycles. The zero-order valence-corrected chi connectivity index (χ0v) is 25.0. The highest BCUT2D eigenvalue weighted by Gasteiger charge is 2.19. The van der Waals surface area contributed by atoms with E-state index in [1.807, 2.05) is 115 Å². The largest absolute Gasteiger partial charge is 0.456 e. The summed E-state index contributed by atoms with van der Waals surface area (Å²) in [4.78, 5) is 0. The first-order valence-electron chi connectivity index (χ1n) is 19.5. The van der Waals surface area contributed by atoms with Gasteiger partial charge in [-0.05, 0) is 101 Å². The molecule has 1 heteroatoms. The highest BCUT2D eigenvalue weighted by Crippen LogP contribution is 2.47. The molecular formula is C46H28O. The summed E-state index contributed by atoms with van der Waals surface area (Å²) in [6, 6.07) is 36.3. The molecule has 47 heavy (non-hydrogen) atoms. The summed E-state index contributed by atoms with van der Waals surface area (Å²) in [5.41, 5.74) is 5.28. The van der Waals surface area contributed by atoms with Crippen LogP contribution < -0.4 is 0 Å². The zero-order valence-electron chi connectivity index (χ0n) is 33.0. The van der Waals surface area contributed by atoms with E-state index in [9.17, 15) is 5.48 Å². The van der Waals surface area contributed by atoms with Crippen molar-refractivity contribution in [3.63, 3.8) is 0 Å². The molecule has 10 rings (SSSR count). The molecule has 0 fully saturated rings. The Morgan fingerprint density at radius 2 is 0.915 bits per heavy atom. The molecule has 1 heterocycles. The molecule has 9 aromatic carbocycles. The smallest absolute Gasteiger partial charge is 0.135 e. The molecule has 0 N–H and O–H groups in total. The number of hydrogen-bond acceptors (Lipinski definition) is 1. The van der Waals surface area contributed by atoms with Gasteiger partial charge in [-0.3, -0.25) is 0 Å². The summed E-state index contributed by atoms with van der Waals surface area (Å²) in [7, 11) is 0. The molecule has 0 bridgehead atoms. The Balaban J connectivity index is 1.37. The van der Waals surface area contributed by atoms with Crippen LogP contribution in [0.5, 0.6) is 0 Å². The minimum atomic E-state index is -0.426. The Bertz CT molecular complexity index is 3230. The molecule has 0 unspecified atom stereocenters. The number of hydrogen-bond donors (Lipinski definition) is 0. The van der Waals surface area contributed by atoms with Gasteiger partial charge in [0.1, 0.15) is 11.2 Å². The maximum atomic E-state index is 9.42. The van der Waals surface area contributed by atoms with E-state index in [0.29, 0.717) is 22.3 Å². The zero-order chi connectivity index (χ0) is 37.9. The van der Waals surface area contributed by atoms with Crippen LogP contribution in [-0.4, -0.2) is 0 Å². The Morgan fingerprint density at radius 3 is 1.66 bits per heavy atom. The maximum absolute atomic E-state index is 9.42. The van der Waals surface area contributed by atoms with Crippen molar-refractivity contribution in [1.82, 2.24) is 0 Å². The second-order valence-corrected chi connectivity index (χ2v) is 11.8. The monoisotopic (exact) mass is 604 g/mol. The lowest BCUT2D eigenvalue weighted by Gasteiger charge is -2.20. The predicted molar refractivity (Wildman–Crippen MR) is 200 cm³/mol. The Hall–Kier alpha value is -6.18. The van der Waals surface area contributed by atoms with E-state index in [-0.39, 0.29) is 45.7 Å². The van der Waals surface area contributed by atoms with E-state index < -0.39 is 24.2 Å². The summed E-state index contributed by atoms with van der Waals surface area (Å²) >= 11 is 0. The van der Waals surface area contributed by atoms with Crippen LogP contribution in [-0.2, 0) is 0 Å². The van der Waals surface area contributed by atoms with Crippen LogP contribution in [0.4, 0.5) is 0 Å². The Kier molecular flexibility index (Phi) is 4.19. The minimum absolute atomic E-state index is 0.191. The topological polar surface area (TPSA) is 13.1 Å². The van der Waals surface area contributed by atoms with Crippen molar-refractivity contribution in [2.75, 3.05) is 0 Å². The molecule has 218 valence electrons. The maximum Gasteiger partial charge on any atom is 0.135 e. The standard InChI is InChI=1S/C46H28O/c1-2-12-30-27-32(22-21-29(30)11-1)45-37-16-5-7-18-39(37)46(40-19-8-6-17-38(40)45)41-25-24-33(34-13-3-4-14-35(34)41)31-23-26-44-42(28-31)36-15-9-10-20-43(36)47-44/h1-28H/i5D,6D,7D,8D,16D,17D,18D,19D. The van der Waals surface area contributed by atoms with Gasteiger partial charge in [0.05, 0.1) is 11.0 Å². The fraction of sp³-hybridized carbons (Fsp3) is 0. The molecule has 0 radical (unpaired) electrons.